The smallest absolute Gasteiger partial charge is 0.236 e. The second-order valence-electron chi connectivity index (χ2n) is 2.96. The van der Waals surface area contributed by atoms with Crippen molar-refractivity contribution >= 4 is 5.91 Å². The van der Waals surface area contributed by atoms with Gasteiger partial charge in [0, 0.05) is 31.5 Å². The number of carbonyl (C=O) groups excluding carboxylic acids is 1. The lowest BCUT2D eigenvalue weighted by Crippen LogP contribution is -2.40. The van der Waals surface area contributed by atoms with Crippen LogP contribution >= 0.6 is 0 Å². The van der Waals surface area contributed by atoms with Crippen LogP contribution in [0.3, 0.4) is 0 Å². The molecular formula is C9H14N4O. The zero-order chi connectivity index (χ0) is 10.4. The molecule has 0 spiro atoms. The normalized spacial score (nSPS) is 12.1. The Morgan fingerprint density at radius 3 is 2.71 bits per heavy atom. The predicted octanol–water partition coefficient (Wildman–Crippen LogP) is -0.299. The minimum absolute atomic E-state index is 0.0261. The van der Waals surface area contributed by atoms with Crippen molar-refractivity contribution in [2.24, 2.45) is 0 Å². The van der Waals surface area contributed by atoms with Gasteiger partial charge in [-0.25, -0.2) is 9.97 Å². The summed E-state index contributed by atoms with van der Waals surface area (Å²) in [6.45, 7) is 2.40. The van der Waals surface area contributed by atoms with Crippen molar-refractivity contribution in [1.29, 1.82) is 0 Å². The number of aromatic nitrogens is 2. The number of amides is 1. The standard InChI is InChI=1S/C9H14N4O/c1-7(9(14)10-2)13-5-8-3-11-6-12-4-8/h3-4,6-7,13H,5H2,1-2H3,(H,10,14). The third-order valence-corrected chi connectivity index (χ3v) is 1.87. The Labute approximate surface area is 83.0 Å². The zero-order valence-corrected chi connectivity index (χ0v) is 8.32. The lowest BCUT2D eigenvalue weighted by atomic mass is 10.3. The van der Waals surface area contributed by atoms with Gasteiger partial charge < -0.3 is 10.6 Å². The van der Waals surface area contributed by atoms with E-state index in [9.17, 15) is 4.79 Å². The van der Waals surface area contributed by atoms with Gasteiger partial charge in [0.2, 0.25) is 5.91 Å². The maximum Gasteiger partial charge on any atom is 0.236 e. The molecule has 0 bridgehead atoms. The zero-order valence-electron chi connectivity index (χ0n) is 8.32. The van der Waals surface area contributed by atoms with E-state index in [1.165, 1.54) is 6.33 Å². The second kappa shape index (κ2) is 5.29. The molecule has 0 radical (unpaired) electrons. The van der Waals surface area contributed by atoms with Crippen molar-refractivity contribution in [3.63, 3.8) is 0 Å². The van der Waals surface area contributed by atoms with Crippen molar-refractivity contribution in [2.45, 2.75) is 19.5 Å². The van der Waals surface area contributed by atoms with Crippen LogP contribution in [0.15, 0.2) is 18.7 Å². The Hall–Kier alpha value is -1.49. The Morgan fingerprint density at radius 2 is 2.14 bits per heavy atom. The van der Waals surface area contributed by atoms with Gasteiger partial charge in [-0.3, -0.25) is 4.79 Å². The minimum Gasteiger partial charge on any atom is -0.358 e. The quantitative estimate of drug-likeness (QED) is 0.690. The SMILES string of the molecule is CNC(=O)C(C)NCc1cncnc1. The average molecular weight is 194 g/mol. The minimum atomic E-state index is -0.208. The molecule has 1 aromatic rings. The number of nitrogens with one attached hydrogen (secondary N) is 2. The number of likely N-dealkylation sites (N-methyl/N-ethyl adjacent to an activating group) is 1. The molecule has 76 valence electrons. The summed E-state index contributed by atoms with van der Waals surface area (Å²) in [4.78, 5) is 18.9. The van der Waals surface area contributed by atoms with Crippen molar-refractivity contribution < 1.29 is 4.79 Å². The van der Waals surface area contributed by atoms with E-state index in [2.05, 4.69) is 20.6 Å². The number of hydrogen-bond acceptors (Lipinski definition) is 4. The molecule has 1 rings (SSSR count). The first-order valence-electron chi connectivity index (χ1n) is 4.43. The van der Waals surface area contributed by atoms with Gasteiger partial charge in [0.15, 0.2) is 0 Å². The van der Waals surface area contributed by atoms with Crippen LogP contribution in [-0.4, -0.2) is 29.0 Å². The van der Waals surface area contributed by atoms with Crippen molar-refractivity contribution in [2.75, 3.05) is 7.05 Å². The number of rotatable bonds is 4. The lowest BCUT2D eigenvalue weighted by molar-refractivity contribution is -0.122. The Bertz CT molecular complexity index is 288. The molecule has 0 aliphatic heterocycles. The molecule has 2 N–H and O–H groups in total. The monoisotopic (exact) mass is 194 g/mol. The Morgan fingerprint density at radius 1 is 1.50 bits per heavy atom. The van der Waals surface area contributed by atoms with E-state index in [4.69, 9.17) is 0 Å². The van der Waals surface area contributed by atoms with Gasteiger partial charge in [-0.2, -0.15) is 0 Å². The second-order valence-corrected chi connectivity index (χ2v) is 2.96. The molecule has 0 saturated carbocycles. The van der Waals surface area contributed by atoms with Crippen LogP contribution < -0.4 is 10.6 Å². The maximum atomic E-state index is 11.1. The molecule has 0 aliphatic rings. The molecule has 5 nitrogen and oxygen atoms in total. The summed E-state index contributed by atoms with van der Waals surface area (Å²) in [7, 11) is 1.62. The maximum absolute atomic E-state index is 11.1. The van der Waals surface area contributed by atoms with Crippen LogP contribution in [0.4, 0.5) is 0 Å². The van der Waals surface area contributed by atoms with Gasteiger partial charge in [-0.05, 0) is 6.92 Å². The van der Waals surface area contributed by atoms with E-state index in [-0.39, 0.29) is 11.9 Å². The fourth-order valence-corrected chi connectivity index (χ4v) is 1.00. The number of carbonyl (C=O) groups is 1. The number of hydrogen-bond donors (Lipinski definition) is 2. The van der Waals surface area contributed by atoms with Crippen LogP contribution in [0.1, 0.15) is 12.5 Å². The van der Waals surface area contributed by atoms with Gasteiger partial charge in [0.05, 0.1) is 6.04 Å². The fraction of sp³-hybridized carbons (Fsp3) is 0.444. The molecule has 0 aromatic carbocycles. The largest absolute Gasteiger partial charge is 0.358 e. The third-order valence-electron chi connectivity index (χ3n) is 1.87. The van der Waals surface area contributed by atoms with Gasteiger partial charge >= 0.3 is 0 Å². The highest BCUT2D eigenvalue weighted by atomic mass is 16.2. The number of nitrogens with zero attached hydrogens (tertiary/aromatic N) is 2. The summed E-state index contributed by atoms with van der Waals surface area (Å²) in [5, 5.41) is 5.63. The first-order chi connectivity index (χ1) is 6.74. The molecule has 5 heteroatoms. The van der Waals surface area contributed by atoms with Crippen LogP contribution in [0.5, 0.6) is 0 Å². The van der Waals surface area contributed by atoms with Crippen molar-refractivity contribution in [3.05, 3.63) is 24.3 Å². The van der Waals surface area contributed by atoms with E-state index in [1.807, 2.05) is 6.92 Å². The third kappa shape index (κ3) is 3.10. The molecule has 14 heavy (non-hydrogen) atoms. The summed E-state index contributed by atoms with van der Waals surface area (Å²) in [5.74, 6) is -0.0261. The fourth-order valence-electron chi connectivity index (χ4n) is 1.00. The van der Waals surface area contributed by atoms with E-state index < -0.39 is 0 Å². The highest BCUT2D eigenvalue weighted by Gasteiger charge is 2.09. The van der Waals surface area contributed by atoms with Crippen LogP contribution in [0.2, 0.25) is 0 Å². The molecule has 1 heterocycles. The van der Waals surface area contributed by atoms with E-state index >= 15 is 0 Å². The van der Waals surface area contributed by atoms with Gasteiger partial charge in [-0.1, -0.05) is 0 Å². The lowest BCUT2D eigenvalue weighted by Gasteiger charge is -2.11. The summed E-state index contributed by atoms with van der Waals surface area (Å²) in [6.07, 6.45) is 4.92. The van der Waals surface area contributed by atoms with E-state index in [1.54, 1.807) is 19.4 Å². The molecule has 1 aromatic heterocycles. The summed E-state index contributed by atoms with van der Waals surface area (Å²) in [6, 6.07) is -0.208. The molecule has 0 saturated heterocycles. The van der Waals surface area contributed by atoms with E-state index in [0.29, 0.717) is 6.54 Å². The van der Waals surface area contributed by atoms with Crippen LogP contribution in [0, 0.1) is 0 Å². The molecule has 1 atom stereocenters. The van der Waals surface area contributed by atoms with Gasteiger partial charge in [-0.15, -0.1) is 0 Å². The summed E-state index contributed by atoms with van der Waals surface area (Å²) < 4.78 is 0. The Kier molecular flexibility index (Phi) is 4.00. The summed E-state index contributed by atoms with van der Waals surface area (Å²) >= 11 is 0. The van der Waals surface area contributed by atoms with Gasteiger partial charge in [0.25, 0.3) is 0 Å². The van der Waals surface area contributed by atoms with Crippen LogP contribution in [0.25, 0.3) is 0 Å². The molecule has 0 aliphatic carbocycles. The molecule has 0 fully saturated rings. The first-order valence-corrected chi connectivity index (χ1v) is 4.43. The Balaban J connectivity index is 2.38. The average Bonchev–Trinajstić information content (AvgIpc) is 2.26. The van der Waals surface area contributed by atoms with Crippen molar-refractivity contribution in [3.8, 4) is 0 Å². The first kappa shape index (κ1) is 10.6. The molecule has 1 unspecified atom stereocenters. The summed E-state index contributed by atoms with van der Waals surface area (Å²) in [5.41, 5.74) is 0.961. The molecular weight excluding hydrogens is 180 g/mol. The highest BCUT2D eigenvalue weighted by Crippen LogP contribution is 1.93. The predicted molar refractivity (Wildman–Crippen MR) is 52.4 cm³/mol. The van der Waals surface area contributed by atoms with Gasteiger partial charge in [0.1, 0.15) is 6.33 Å². The topological polar surface area (TPSA) is 66.9 Å². The van der Waals surface area contributed by atoms with E-state index in [0.717, 1.165) is 5.56 Å². The molecule has 1 amide bonds. The van der Waals surface area contributed by atoms with Crippen molar-refractivity contribution in [1.82, 2.24) is 20.6 Å². The van der Waals surface area contributed by atoms with Crippen LogP contribution in [-0.2, 0) is 11.3 Å². The highest BCUT2D eigenvalue weighted by molar-refractivity contribution is 5.80.